The van der Waals surface area contributed by atoms with Gasteiger partial charge in [0.2, 0.25) is 5.95 Å². The van der Waals surface area contributed by atoms with Crippen LogP contribution < -0.4 is 11.1 Å². The van der Waals surface area contributed by atoms with Gasteiger partial charge in [0.15, 0.2) is 5.65 Å². The molecule has 3 aromatic rings. The maximum atomic E-state index is 6.18. The Morgan fingerprint density at radius 2 is 2.04 bits per heavy atom. The quantitative estimate of drug-likeness (QED) is 0.725. The molecule has 2 aliphatic carbocycles. The van der Waals surface area contributed by atoms with Crippen LogP contribution in [0.4, 0.5) is 5.95 Å². The molecule has 0 aromatic carbocycles. The number of rotatable bonds is 4. The van der Waals surface area contributed by atoms with Gasteiger partial charge in [0.25, 0.3) is 0 Å². The number of anilines is 1. The summed E-state index contributed by atoms with van der Waals surface area (Å²) in [5.41, 5.74) is 10.0. The van der Waals surface area contributed by atoms with Crippen LogP contribution in [0.15, 0.2) is 24.5 Å². The Hall–Kier alpha value is -2.54. The summed E-state index contributed by atoms with van der Waals surface area (Å²) in [6, 6.07) is 4.90. The van der Waals surface area contributed by atoms with Crippen molar-refractivity contribution >= 4 is 17.0 Å². The van der Waals surface area contributed by atoms with Gasteiger partial charge in [0.1, 0.15) is 0 Å². The highest BCUT2D eigenvalue weighted by Gasteiger charge is 2.44. The lowest BCUT2D eigenvalue weighted by molar-refractivity contribution is 0.389. The van der Waals surface area contributed by atoms with Crippen LogP contribution in [-0.4, -0.2) is 36.8 Å². The van der Waals surface area contributed by atoms with Crippen molar-refractivity contribution in [1.29, 1.82) is 0 Å². The number of nitrogens with two attached hydrogens (primary N) is 1. The third-order valence-corrected chi connectivity index (χ3v) is 6.46. The first-order valence-corrected chi connectivity index (χ1v) is 10.2. The third kappa shape index (κ3) is 2.85. The highest BCUT2D eigenvalue weighted by atomic mass is 15.3. The summed E-state index contributed by atoms with van der Waals surface area (Å²) in [5.74, 6) is 2.37. The number of aryl methyl sites for hydroxylation is 1. The first kappa shape index (κ1) is 17.6. The molecule has 4 atom stereocenters. The van der Waals surface area contributed by atoms with Crippen LogP contribution in [0.5, 0.6) is 0 Å². The van der Waals surface area contributed by atoms with Crippen LogP contribution in [0.2, 0.25) is 0 Å². The Labute approximate surface area is 164 Å². The van der Waals surface area contributed by atoms with Crippen LogP contribution in [-0.2, 0) is 7.05 Å². The zero-order valence-corrected chi connectivity index (χ0v) is 16.6. The molecule has 2 fully saturated rings. The van der Waals surface area contributed by atoms with Gasteiger partial charge in [-0.2, -0.15) is 5.10 Å². The average Bonchev–Trinajstić information content (AvgIpc) is 3.32. The number of pyridine rings is 1. The van der Waals surface area contributed by atoms with Gasteiger partial charge in [-0.1, -0.05) is 13.8 Å². The van der Waals surface area contributed by atoms with Gasteiger partial charge in [-0.3, -0.25) is 4.68 Å². The summed E-state index contributed by atoms with van der Waals surface area (Å²) in [6.45, 7) is 4.36. The maximum Gasteiger partial charge on any atom is 0.223 e. The van der Waals surface area contributed by atoms with E-state index in [0.29, 0.717) is 35.8 Å². The van der Waals surface area contributed by atoms with Crippen molar-refractivity contribution in [1.82, 2.24) is 24.7 Å². The second-order valence-corrected chi connectivity index (χ2v) is 8.67. The molecule has 0 saturated heterocycles. The lowest BCUT2D eigenvalue weighted by atomic mass is 9.92. The second-order valence-electron chi connectivity index (χ2n) is 8.67. The maximum absolute atomic E-state index is 6.18. The van der Waals surface area contributed by atoms with Gasteiger partial charge in [-0.05, 0) is 49.1 Å². The van der Waals surface area contributed by atoms with E-state index in [2.05, 4.69) is 40.3 Å². The molecule has 0 aliphatic heterocycles. The monoisotopic (exact) mass is 377 g/mol. The Kier molecular flexibility index (Phi) is 4.08. The molecule has 0 spiro atoms. The summed E-state index contributed by atoms with van der Waals surface area (Å²) in [6.07, 6.45) is 7.14. The van der Waals surface area contributed by atoms with Crippen LogP contribution in [0.25, 0.3) is 22.3 Å². The molecule has 28 heavy (non-hydrogen) atoms. The minimum absolute atomic E-state index is 0.374. The van der Waals surface area contributed by atoms with Crippen molar-refractivity contribution in [2.75, 3.05) is 5.32 Å². The predicted molar refractivity (Wildman–Crippen MR) is 110 cm³/mol. The van der Waals surface area contributed by atoms with Crippen LogP contribution in [0.3, 0.4) is 0 Å². The van der Waals surface area contributed by atoms with Gasteiger partial charge < -0.3 is 11.1 Å². The van der Waals surface area contributed by atoms with Crippen molar-refractivity contribution in [3.63, 3.8) is 0 Å². The number of hydrogen-bond acceptors (Lipinski definition) is 6. The van der Waals surface area contributed by atoms with E-state index in [-0.39, 0.29) is 0 Å². The van der Waals surface area contributed by atoms with E-state index < -0.39 is 0 Å². The molecule has 0 amide bonds. The SMILES string of the molecule is CC(C)c1c2cc(-c3ccnc(N[C@H]4C[C@H]5C[C@H]4C[C@H]5N)n3)cnc2nn1C. The lowest BCUT2D eigenvalue weighted by Gasteiger charge is -2.26. The van der Waals surface area contributed by atoms with E-state index in [4.69, 9.17) is 10.7 Å². The van der Waals surface area contributed by atoms with Crippen LogP contribution >= 0.6 is 0 Å². The van der Waals surface area contributed by atoms with Gasteiger partial charge in [0.05, 0.1) is 11.4 Å². The lowest BCUT2D eigenvalue weighted by Crippen LogP contribution is -2.35. The van der Waals surface area contributed by atoms with Crippen LogP contribution in [0, 0.1) is 11.8 Å². The first-order valence-electron chi connectivity index (χ1n) is 10.2. The molecule has 3 heterocycles. The average molecular weight is 377 g/mol. The fraction of sp³-hybridized carbons (Fsp3) is 0.524. The molecule has 0 unspecified atom stereocenters. The molecule has 5 rings (SSSR count). The van der Waals surface area contributed by atoms with Crippen LogP contribution in [0.1, 0.15) is 44.7 Å². The predicted octanol–water partition coefficient (Wildman–Crippen LogP) is 3.09. The fourth-order valence-electron chi connectivity index (χ4n) is 5.17. The van der Waals surface area contributed by atoms with E-state index in [1.165, 1.54) is 12.1 Å². The minimum Gasteiger partial charge on any atom is -0.351 e. The van der Waals surface area contributed by atoms with Crippen molar-refractivity contribution in [3.8, 4) is 11.3 Å². The highest BCUT2D eigenvalue weighted by Crippen LogP contribution is 2.44. The first-order chi connectivity index (χ1) is 13.5. The summed E-state index contributed by atoms with van der Waals surface area (Å²) in [5, 5.41) is 9.18. The molecule has 3 N–H and O–H groups in total. The number of nitrogens with zero attached hydrogens (tertiary/aromatic N) is 5. The molecule has 3 aromatic heterocycles. The van der Waals surface area contributed by atoms with E-state index in [9.17, 15) is 0 Å². The third-order valence-electron chi connectivity index (χ3n) is 6.46. The van der Waals surface area contributed by atoms with Gasteiger partial charge >= 0.3 is 0 Å². The zero-order chi connectivity index (χ0) is 19.4. The zero-order valence-electron chi connectivity index (χ0n) is 16.6. The highest BCUT2D eigenvalue weighted by molar-refractivity contribution is 5.83. The molecular weight excluding hydrogens is 350 g/mol. The van der Waals surface area contributed by atoms with E-state index >= 15 is 0 Å². The Bertz CT molecular complexity index is 1020. The fourth-order valence-corrected chi connectivity index (χ4v) is 5.17. The number of hydrogen-bond donors (Lipinski definition) is 2. The van der Waals surface area contributed by atoms with Gasteiger partial charge in [-0.25, -0.2) is 15.0 Å². The second kappa shape index (κ2) is 6.51. The molecule has 2 bridgehead atoms. The van der Waals surface area contributed by atoms with Crippen molar-refractivity contribution in [2.24, 2.45) is 24.6 Å². The number of nitrogens with one attached hydrogen (secondary N) is 1. The topological polar surface area (TPSA) is 94.5 Å². The Morgan fingerprint density at radius 3 is 2.75 bits per heavy atom. The summed E-state index contributed by atoms with van der Waals surface area (Å²) in [7, 11) is 1.98. The molecule has 146 valence electrons. The Morgan fingerprint density at radius 1 is 1.18 bits per heavy atom. The summed E-state index contributed by atoms with van der Waals surface area (Å²) >= 11 is 0. The van der Waals surface area contributed by atoms with E-state index in [1.54, 1.807) is 0 Å². The molecule has 0 radical (unpaired) electrons. The Balaban J connectivity index is 1.44. The molecule has 7 heteroatoms. The standard InChI is InChI=1S/C21H27N7/c1-11(2)19-15-7-14(10-24-20(15)27-28(19)3)17-4-5-23-21(25-17)26-18-9-12-6-13(18)8-16(12)22/h4-5,7,10-13,16,18H,6,8-9,22H2,1-3H3,(H,23,25,26)/t12-,13+,16-,18+/m1/s1. The smallest absolute Gasteiger partial charge is 0.223 e. The minimum atomic E-state index is 0.374. The molecule has 2 saturated carbocycles. The summed E-state index contributed by atoms with van der Waals surface area (Å²) in [4.78, 5) is 13.8. The van der Waals surface area contributed by atoms with E-state index in [1.807, 2.05) is 30.2 Å². The van der Waals surface area contributed by atoms with Crippen molar-refractivity contribution in [3.05, 3.63) is 30.2 Å². The largest absolute Gasteiger partial charge is 0.351 e. The van der Waals surface area contributed by atoms with Crippen molar-refractivity contribution < 1.29 is 0 Å². The number of fused-ring (bicyclic) bond motifs is 3. The normalized spacial score (nSPS) is 26.5. The molecule has 2 aliphatic rings. The summed E-state index contributed by atoms with van der Waals surface area (Å²) < 4.78 is 1.93. The number of aromatic nitrogens is 5. The van der Waals surface area contributed by atoms with E-state index in [0.717, 1.165) is 35.1 Å². The van der Waals surface area contributed by atoms with Gasteiger partial charge in [0, 0.05) is 42.5 Å². The molecule has 7 nitrogen and oxygen atoms in total. The molecular formula is C21H27N7. The van der Waals surface area contributed by atoms with Gasteiger partial charge in [-0.15, -0.1) is 0 Å². The van der Waals surface area contributed by atoms with Crippen molar-refractivity contribution in [2.45, 2.75) is 51.1 Å².